The van der Waals surface area contributed by atoms with E-state index in [0.717, 1.165) is 29.0 Å². The fourth-order valence-electron chi connectivity index (χ4n) is 2.83. The molecule has 0 saturated carbocycles. The minimum atomic E-state index is -0.228. The summed E-state index contributed by atoms with van der Waals surface area (Å²) >= 11 is 0. The highest BCUT2D eigenvalue weighted by Crippen LogP contribution is 2.23. The van der Waals surface area contributed by atoms with Gasteiger partial charge in [-0.1, -0.05) is 12.1 Å². The van der Waals surface area contributed by atoms with E-state index >= 15 is 0 Å². The second kappa shape index (κ2) is 6.50. The van der Waals surface area contributed by atoms with Gasteiger partial charge in [-0.15, -0.1) is 0 Å². The van der Waals surface area contributed by atoms with E-state index in [0.29, 0.717) is 12.8 Å². The minimum absolute atomic E-state index is 0.153. The number of imidazole rings is 1. The number of fused-ring (bicyclic) bond motifs is 1. The van der Waals surface area contributed by atoms with E-state index < -0.39 is 0 Å². The molecule has 0 fully saturated rings. The Hall–Kier alpha value is -2.20. The van der Waals surface area contributed by atoms with Crippen molar-refractivity contribution in [3.63, 3.8) is 0 Å². The van der Waals surface area contributed by atoms with Crippen LogP contribution in [0, 0.1) is 19.7 Å². The maximum absolute atomic E-state index is 13.1. The van der Waals surface area contributed by atoms with Crippen molar-refractivity contribution in [3.05, 3.63) is 64.7 Å². The van der Waals surface area contributed by atoms with Crippen molar-refractivity contribution < 1.29 is 9.50 Å². The van der Waals surface area contributed by atoms with Crippen LogP contribution in [0.15, 0.2) is 36.4 Å². The highest BCUT2D eigenvalue weighted by molar-refractivity contribution is 5.78. The molecule has 0 aliphatic carbocycles. The Morgan fingerprint density at radius 3 is 2.48 bits per heavy atom. The Balaban J connectivity index is 2.04. The molecule has 2 aromatic carbocycles. The van der Waals surface area contributed by atoms with E-state index in [9.17, 15) is 9.50 Å². The zero-order valence-electron chi connectivity index (χ0n) is 13.5. The summed E-state index contributed by atoms with van der Waals surface area (Å²) in [4.78, 5) is 4.77. The number of aliphatic hydroxyl groups excluding tert-OH is 1. The largest absolute Gasteiger partial charge is 0.396 e. The zero-order valence-corrected chi connectivity index (χ0v) is 13.5. The molecule has 0 amide bonds. The number of hydrogen-bond donors (Lipinski definition) is 1. The normalized spacial score (nSPS) is 11.3. The number of benzene rings is 2. The van der Waals surface area contributed by atoms with E-state index in [2.05, 4.69) is 30.5 Å². The van der Waals surface area contributed by atoms with Crippen molar-refractivity contribution in [2.75, 3.05) is 6.61 Å². The molecule has 1 heterocycles. The molecule has 0 atom stereocenters. The fraction of sp³-hybridized carbons (Fsp3) is 0.316. The lowest BCUT2D eigenvalue weighted by molar-refractivity contribution is 0.280. The van der Waals surface area contributed by atoms with Crippen LogP contribution in [0.1, 0.15) is 28.9 Å². The summed E-state index contributed by atoms with van der Waals surface area (Å²) in [6.07, 6.45) is 1.34. The molecule has 0 saturated heterocycles. The predicted octanol–water partition coefficient (Wildman–Crippen LogP) is 3.77. The van der Waals surface area contributed by atoms with Crippen LogP contribution in [-0.2, 0) is 13.0 Å². The lowest BCUT2D eigenvalue weighted by Crippen LogP contribution is -2.06. The van der Waals surface area contributed by atoms with Crippen molar-refractivity contribution in [1.82, 2.24) is 9.55 Å². The molecule has 1 aromatic heterocycles. The third kappa shape index (κ3) is 3.27. The number of aromatic nitrogens is 2. The highest BCUT2D eigenvalue weighted by Gasteiger charge is 2.12. The average molecular weight is 312 g/mol. The van der Waals surface area contributed by atoms with Gasteiger partial charge in [-0.2, -0.15) is 0 Å². The van der Waals surface area contributed by atoms with Gasteiger partial charge in [0.1, 0.15) is 11.6 Å². The SMILES string of the molecule is Cc1cc2nc(Cc3ccc(F)cc3)n(CCCO)c2cc1C. The molecule has 3 aromatic rings. The fourth-order valence-corrected chi connectivity index (χ4v) is 2.83. The van der Waals surface area contributed by atoms with Crippen LogP contribution >= 0.6 is 0 Å². The van der Waals surface area contributed by atoms with Crippen molar-refractivity contribution in [2.24, 2.45) is 0 Å². The number of aryl methyl sites for hydroxylation is 3. The van der Waals surface area contributed by atoms with Crippen LogP contribution in [0.3, 0.4) is 0 Å². The van der Waals surface area contributed by atoms with Gasteiger partial charge in [0, 0.05) is 19.6 Å². The van der Waals surface area contributed by atoms with Gasteiger partial charge in [0.25, 0.3) is 0 Å². The van der Waals surface area contributed by atoms with Gasteiger partial charge in [0.2, 0.25) is 0 Å². The topological polar surface area (TPSA) is 38.0 Å². The predicted molar refractivity (Wildman–Crippen MR) is 90.1 cm³/mol. The Labute approximate surface area is 135 Å². The van der Waals surface area contributed by atoms with Crippen LogP contribution in [0.4, 0.5) is 4.39 Å². The first-order valence-electron chi connectivity index (χ1n) is 7.90. The lowest BCUT2D eigenvalue weighted by atomic mass is 10.1. The Bertz CT molecular complexity index is 821. The molecular weight excluding hydrogens is 291 g/mol. The maximum atomic E-state index is 13.1. The quantitative estimate of drug-likeness (QED) is 0.779. The van der Waals surface area contributed by atoms with Crippen LogP contribution in [0.25, 0.3) is 11.0 Å². The molecule has 0 aliphatic heterocycles. The molecule has 0 aliphatic rings. The Morgan fingerprint density at radius 1 is 1.09 bits per heavy atom. The van der Waals surface area contributed by atoms with E-state index in [1.54, 1.807) is 12.1 Å². The first-order valence-corrected chi connectivity index (χ1v) is 7.90. The van der Waals surface area contributed by atoms with Crippen molar-refractivity contribution in [3.8, 4) is 0 Å². The van der Waals surface area contributed by atoms with Crippen molar-refractivity contribution in [2.45, 2.75) is 33.2 Å². The standard InChI is InChI=1S/C19H21FN2O/c1-13-10-17-18(11-14(13)2)22(8-3-9-23)19(21-17)12-15-4-6-16(20)7-5-15/h4-7,10-11,23H,3,8-9,12H2,1-2H3. The summed E-state index contributed by atoms with van der Waals surface area (Å²) in [6.45, 7) is 5.06. The summed E-state index contributed by atoms with van der Waals surface area (Å²) in [5, 5.41) is 9.17. The molecule has 1 N–H and O–H groups in total. The summed E-state index contributed by atoms with van der Waals surface area (Å²) in [5.74, 6) is 0.721. The molecular formula is C19H21FN2O. The Kier molecular flexibility index (Phi) is 4.44. The molecule has 0 spiro atoms. The minimum Gasteiger partial charge on any atom is -0.396 e. The molecule has 0 bridgehead atoms. The first kappa shape index (κ1) is 15.7. The van der Waals surface area contributed by atoms with Crippen molar-refractivity contribution in [1.29, 1.82) is 0 Å². The summed E-state index contributed by atoms with van der Waals surface area (Å²) < 4.78 is 15.2. The van der Waals surface area contributed by atoms with Gasteiger partial charge in [-0.25, -0.2) is 9.37 Å². The van der Waals surface area contributed by atoms with Gasteiger partial charge in [-0.05, 0) is 61.2 Å². The average Bonchev–Trinajstić information content (AvgIpc) is 2.84. The van der Waals surface area contributed by atoms with Crippen molar-refractivity contribution >= 4 is 11.0 Å². The number of nitrogens with zero attached hydrogens (tertiary/aromatic N) is 2. The summed E-state index contributed by atoms with van der Waals surface area (Å²) in [5.41, 5.74) is 5.55. The maximum Gasteiger partial charge on any atom is 0.123 e. The Morgan fingerprint density at radius 2 is 1.78 bits per heavy atom. The third-order valence-corrected chi connectivity index (χ3v) is 4.26. The van der Waals surface area contributed by atoms with Gasteiger partial charge in [0.05, 0.1) is 11.0 Å². The zero-order chi connectivity index (χ0) is 16.4. The van der Waals surface area contributed by atoms with E-state index in [4.69, 9.17) is 4.98 Å². The van der Waals surface area contributed by atoms with Crippen LogP contribution in [0.2, 0.25) is 0 Å². The van der Waals surface area contributed by atoms with Crippen LogP contribution in [0.5, 0.6) is 0 Å². The lowest BCUT2D eigenvalue weighted by Gasteiger charge is -2.09. The van der Waals surface area contributed by atoms with Crippen LogP contribution in [-0.4, -0.2) is 21.3 Å². The van der Waals surface area contributed by atoms with E-state index in [-0.39, 0.29) is 12.4 Å². The molecule has 23 heavy (non-hydrogen) atoms. The van der Waals surface area contributed by atoms with Gasteiger partial charge in [-0.3, -0.25) is 0 Å². The molecule has 0 unspecified atom stereocenters. The van der Waals surface area contributed by atoms with Gasteiger partial charge >= 0.3 is 0 Å². The third-order valence-electron chi connectivity index (χ3n) is 4.26. The number of hydrogen-bond acceptors (Lipinski definition) is 2. The van der Waals surface area contributed by atoms with Crippen LogP contribution < -0.4 is 0 Å². The monoisotopic (exact) mass is 312 g/mol. The van der Waals surface area contributed by atoms with Gasteiger partial charge in [0.15, 0.2) is 0 Å². The summed E-state index contributed by atoms with van der Waals surface area (Å²) in [6, 6.07) is 10.8. The smallest absolute Gasteiger partial charge is 0.123 e. The molecule has 0 radical (unpaired) electrons. The highest BCUT2D eigenvalue weighted by atomic mass is 19.1. The van der Waals surface area contributed by atoms with E-state index in [1.807, 2.05) is 0 Å². The second-order valence-corrected chi connectivity index (χ2v) is 5.99. The van der Waals surface area contributed by atoms with E-state index in [1.165, 1.54) is 23.3 Å². The number of aliphatic hydroxyl groups is 1. The summed E-state index contributed by atoms with van der Waals surface area (Å²) in [7, 11) is 0. The molecule has 4 heteroatoms. The molecule has 3 nitrogen and oxygen atoms in total. The second-order valence-electron chi connectivity index (χ2n) is 5.99. The van der Waals surface area contributed by atoms with Gasteiger partial charge < -0.3 is 9.67 Å². The first-order chi connectivity index (χ1) is 11.1. The molecule has 120 valence electrons. The number of halogens is 1. The number of rotatable bonds is 5. The molecule has 3 rings (SSSR count).